The van der Waals surface area contributed by atoms with Crippen molar-refractivity contribution in [2.75, 3.05) is 13.2 Å². The summed E-state index contributed by atoms with van der Waals surface area (Å²) >= 11 is 0. The Kier molecular flexibility index (Phi) is 7.70. The smallest absolute Gasteiger partial charge is 0.338 e. The predicted molar refractivity (Wildman–Crippen MR) is 104 cm³/mol. The zero-order chi connectivity index (χ0) is 19.8. The van der Waals surface area contributed by atoms with Crippen LogP contribution in [0.2, 0.25) is 0 Å². The number of rotatable bonds is 9. The van der Waals surface area contributed by atoms with Crippen LogP contribution in [0.4, 0.5) is 4.79 Å². The summed E-state index contributed by atoms with van der Waals surface area (Å²) in [5, 5.41) is 5.49. The van der Waals surface area contributed by atoms with Crippen LogP contribution in [0.5, 0.6) is 5.75 Å². The minimum absolute atomic E-state index is 0.305. The lowest BCUT2D eigenvalue weighted by Crippen LogP contribution is -2.45. The number of hydrogen-bond donors (Lipinski definition) is 2. The highest BCUT2D eigenvalue weighted by Gasteiger charge is 2.32. The van der Waals surface area contributed by atoms with Gasteiger partial charge < -0.3 is 20.1 Å². The molecule has 27 heavy (non-hydrogen) atoms. The number of amides is 2. The first-order chi connectivity index (χ1) is 13.0. The van der Waals surface area contributed by atoms with Crippen molar-refractivity contribution in [2.24, 2.45) is 5.92 Å². The van der Waals surface area contributed by atoms with Crippen LogP contribution in [-0.4, -0.2) is 25.2 Å². The molecule has 0 aliphatic carbocycles. The standard InChI is InChI=1S/C21H30N2O4/c1-5-7-14(3)13-27-20(24)18-15(4)22-21(25)23-19(18)16-8-10-17(11-9-16)26-12-6-2/h8-11,14,19H,5-7,12-13H2,1-4H3,(H2,22,23,25)/t14-,19+/m0/s1. The van der Waals surface area contributed by atoms with E-state index >= 15 is 0 Å². The summed E-state index contributed by atoms with van der Waals surface area (Å²) in [5.41, 5.74) is 1.75. The Hall–Kier alpha value is -2.50. The van der Waals surface area contributed by atoms with Gasteiger partial charge in [0, 0.05) is 5.70 Å². The van der Waals surface area contributed by atoms with E-state index in [4.69, 9.17) is 9.47 Å². The van der Waals surface area contributed by atoms with E-state index < -0.39 is 12.0 Å². The molecule has 1 aromatic rings. The van der Waals surface area contributed by atoms with Crippen molar-refractivity contribution in [2.45, 2.75) is 53.0 Å². The van der Waals surface area contributed by atoms with E-state index in [1.807, 2.05) is 31.2 Å². The summed E-state index contributed by atoms with van der Waals surface area (Å²) in [6.07, 6.45) is 2.98. The van der Waals surface area contributed by atoms with E-state index in [0.29, 0.717) is 30.4 Å². The van der Waals surface area contributed by atoms with Crippen LogP contribution < -0.4 is 15.4 Å². The third-order valence-corrected chi connectivity index (χ3v) is 4.46. The van der Waals surface area contributed by atoms with Crippen molar-refractivity contribution in [1.82, 2.24) is 10.6 Å². The third kappa shape index (κ3) is 5.74. The second-order valence-electron chi connectivity index (χ2n) is 6.98. The Morgan fingerprint density at radius 1 is 1.19 bits per heavy atom. The van der Waals surface area contributed by atoms with Crippen molar-refractivity contribution < 1.29 is 19.1 Å². The van der Waals surface area contributed by atoms with Crippen molar-refractivity contribution in [3.8, 4) is 5.75 Å². The average Bonchev–Trinajstić information content (AvgIpc) is 2.64. The van der Waals surface area contributed by atoms with Crippen LogP contribution in [0.3, 0.4) is 0 Å². The first-order valence-corrected chi connectivity index (χ1v) is 9.64. The topological polar surface area (TPSA) is 76.7 Å². The number of allylic oxidation sites excluding steroid dienone is 1. The Bertz CT molecular complexity index is 682. The molecule has 0 saturated heterocycles. The largest absolute Gasteiger partial charge is 0.494 e. The first-order valence-electron chi connectivity index (χ1n) is 9.64. The maximum absolute atomic E-state index is 12.7. The van der Waals surface area contributed by atoms with Gasteiger partial charge in [-0.2, -0.15) is 0 Å². The highest BCUT2D eigenvalue weighted by atomic mass is 16.5. The van der Waals surface area contributed by atoms with Crippen LogP contribution in [0.1, 0.15) is 58.6 Å². The molecule has 6 nitrogen and oxygen atoms in total. The normalized spacial score (nSPS) is 17.8. The van der Waals surface area contributed by atoms with E-state index in [2.05, 4.69) is 24.5 Å². The highest BCUT2D eigenvalue weighted by molar-refractivity contribution is 5.95. The molecular formula is C21H30N2O4. The molecule has 0 spiro atoms. The van der Waals surface area contributed by atoms with Gasteiger partial charge in [-0.1, -0.05) is 39.3 Å². The van der Waals surface area contributed by atoms with E-state index in [0.717, 1.165) is 30.6 Å². The van der Waals surface area contributed by atoms with Crippen molar-refractivity contribution in [3.63, 3.8) is 0 Å². The molecule has 2 atom stereocenters. The molecule has 2 rings (SSSR count). The molecule has 1 aliphatic rings. The summed E-state index contributed by atoms with van der Waals surface area (Å²) in [4.78, 5) is 24.7. The summed E-state index contributed by atoms with van der Waals surface area (Å²) in [6, 6.07) is 6.54. The number of carbonyl (C=O) groups excluding carboxylic acids is 2. The van der Waals surface area contributed by atoms with Gasteiger partial charge in [0.2, 0.25) is 0 Å². The number of urea groups is 1. The highest BCUT2D eigenvalue weighted by Crippen LogP contribution is 2.29. The van der Waals surface area contributed by atoms with Gasteiger partial charge in [0.05, 0.1) is 24.8 Å². The molecular weight excluding hydrogens is 344 g/mol. The third-order valence-electron chi connectivity index (χ3n) is 4.46. The molecule has 0 unspecified atom stereocenters. The molecule has 2 N–H and O–H groups in total. The minimum Gasteiger partial charge on any atom is -0.494 e. The van der Waals surface area contributed by atoms with Gasteiger partial charge in [-0.15, -0.1) is 0 Å². The molecule has 0 aromatic heterocycles. The number of carbonyl (C=O) groups is 2. The van der Waals surface area contributed by atoms with Crippen molar-refractivity contribution >= 4 is 12.0 Å². The molecule has 0 radical (unpaired) electrons. The van der Waals surface area contributed by atoms with E-state index in [-0.39, 0.29) is 6.03 Å². The summed E-state index contributed by atoms with van der Waals surface area (Å²) in [5.74, 6) is 0.665. The monoisotopic (exact) mass is 374 g/mol. The summed E-state index contributed by atoms with van der Waals surface area (Å²) < 4.78 is 11.1. The van der Waals surface area contributed by atoms with E-state index in [1.165, 1.54) is 0 Å². The molecule has 0 saturated carbocycles. The molecule has 6 heteroatoms. The van der Waals surface area contributed by atoms with Gasteiger partial charge in [-0.3, -0.25) is 0 Å². The second kappa shape index (κ2) is 10.00. The van der Waals surface area contributed by atoms with Gasteiger partial charge in [-0.25, -0.2) is 9.59 Å². The SMILES string of the molecule is CCCOc1ccc([C@H]2NC(=O)NC(C)=C2C(=O)OC[C@@H](C)CCC)cc1. The fourth-order valence-electron chi connectivity index (χ4n) is 3.06. The lowest BCUT2D eigenvalue weighted by atomic mass is 9.95. The number of ether oxygens (including phenoxy) is 2. The van der Waals surface area contributed by atoms with Crippen LogP contribution in [0.25, 0.3) is 0 Å². The zero-order valence-electron chi connectivity index (χ0n) is 16.6. The quantitative estimate of drug-likeness (QED) is 0.639. The fraction of sp³-hybridized carbons (Fsp3) is 0.524. The molecule has 1 aromatic carbocycles. The maximum atomic E-state index is 12.7. The Labute approximate surface area is 161 Å². The molecule has 2 amide bonds. The number of hydrogen-bond acceptors (Lipinski definition) is 4. The molecule has 1 heterocycles. The number of benzene rings is 1. The number of nitrogens with one attached hydrogen (secondary N) is 2. The molecule has 0 fully saturated rings. The molecule has 0 bridgehead atoms. The van der Waals surface area contributed by atoms with Gasteiger partial charge >= 0.3 is 12.0 Å². The summed E-state index contributed by atoms with van der Waals surface area (Å²) in [7, 11) is 0. The van der Waals surface area contributed by atoms with Gasteiger partial charge in [-0.05, 0) is 43.4 Å². The Morgan fingerprint density at radius 2 is 1.89 bits per heavy atom. The van der Waals surface area contributed by atoms with Crippen LogP contribution in [-0.2, 0) is 9.53 Å². The van der Waals surface area contributed by atoms with Gasteiger partial charge in [0.25, 0.3) is 0 Å². The summed E-state index contributed by atoms with van der Waals surface area (Å²) in [6.45, 7) is 8.95. The van der Waals surface area contributed by atoms with E-state index in [1.54, 1.807) is 6.92 Å². The second-order valence-corrected chi connectivity index (χ2v) is 6.98. The molecule has 1 aliphatic heterocycles. The lowest BCUT2D eigenvalue weighted by molar-refractivity contribution is -0.140. The van der Waals surface area contributed by atoms with E-state index in [9.17, 15) is 9.59 Å². The minimum atomic E-state index is -0.548. The maximum Gasteiger partial charge on any atom is 0.338 e. The number of esters is 1. The average molecular weight is 374 g/mol. The van der Waals surface area contributed by atoms with Gasteiger partial charge in [0.1, 0.15) is 5.75 Å². The van der Waals surface area contributed by atoms with Crippen molar-refractivity contribution in [3.05, 3.63) is 41.1 Å². The Balaban J connectivity index is 2.18. The lowest BCUT2D eigenvalue weighted by Gasteiger charge is -2.28. The molecule has 148 valence electrons. The van der Waals surface area contributed by atoms with Crippen LogP contribution in [0, 0.1) is 5.92 Å². The van der Waals surface area contributed by atoms with Crippen LogP contribution >= 0.6 is 0 Å². The van der Waals surface area contributed by atoms with Crippen LogP contribution in [0.15, 0.2) is 35.5 Å². The zero-order valence-corrected chi connectivity index (χ0v) is 16.6. The van der Waals surface area contributed by atoms with Crippen molar-refractivity contribution in [1.29, 1.82) is 0 Å². The first kappa shape index (κ1) is 20.8. The fourth-order valence-corrected chi connectivity index (χ4v) is 3.06. The predicted octanol–water partition coefficient (Wildman–Crippen LogP) is 4.08. The van der Waals surface area contributed by atoms with Gasteiger partial charge in [0.15, 0.2) is 0 Å². The Morgan fingerprint density at radius 3 is 2.52 bits per heavy atom.